The second-order valence-electron chi connectivity index (χ2n) is 6.28. The Bertz CT molecular complexity index is 688. The number of amides is 1. The van der Waals surface area contributed by atoms with Crippen LogP contribution in [0.3, 0.4) is 0 Å². The van der Waals surface area contributed by atoms with Gasteiger partial charge < -0.3 is 10.1 Å². The minimum atomic E-state index is -4.86. The van der Waals surface area contributed by atoms with E-state index in [9.17, 15) is 26.4 Å². The fourth-order valence-electron chi connectivity index (χ4n) is 2.05. The minimum Gasteiger partial charge on any atom is -0.406 e. The summed E-state index contributed by atoms with van der Waals surface area (Å²) in [6, 6.07) is 3.61. The van der Waals surface area contributed by atoms with Crippen LogP contribution in [0.2, 0.25) is 0 Å². The molecule has 1 unspecified atom stereocenters. The summed E-state index contributed by atoms with van der Waals surface area (Å²) in [5, 5.41) is 2.68. The van der Waals surface area contributed by atoms with Crippen LogP contribution < -0.4 is 14.8 Å². The summed E-state index contributed by atoms with van der Waals surface area (Å²) in [6.07, 6.45) is -3.15. The Balaban J connectivity index is 2.56. The van der Waals surface area contributed by atoms with Crippen molar-refractivity contribution in [2.24, 2.45) is 5.92 Å². The molecule has 148 valence electrons. The second kappa shape index (κ2) is 9.22. The van der Waals surface area contributed by atoms with Crippen LogP contribution >= 0.6 is 0 Å². The van der Waals surface area contributed by atoms with E-state index >= 15 is 0 Å². The Morgan fingerprint density at radius 3 is 2.19 bits per heavy atom. The zero-order chi connectivity index (χ0) is 20.0. The van der Waals surface area contributed by atoms with Crippen molar-refractivity contribution in [3.8, 4) is 5.75 Å². The van der Waals surface area contributed by atoms with Crippen molar-refractivity contribution in [3.05, 3.63) is 24.3 Å². The first-order valence-corrected chi connectivity index (χ1v) is 9.52. The van der Waals surface area contributed by atoms with Gasteiger partial charge in [0.1, 0.15) is 5.75 Å². The largest absolute Gasteiger partial charge is 0.573 e. The summed E-state index contributed by atoms with van der Waals surface area (Å²) in [5.74, 6) is -0.521. The Morgan fingerprint density at radius 2 is 1.69 bits per heavy atom. The molecule has 1 rings (SSSR count). The topological polar surface area (TPSA) is 84.5 Å². The maximum absolute atomic E-state index is 12.1. The third kappa shape index (κ3) is 8.52. The van der Waals surface area contributed by atoms with Gasteiger partial charge in [0.15, 0.2) is 0 Å². The number of benzene rings is 1. The van der Waals surface area contributed by atoms with E-state index in [2.05, 4.69) is 28.6 Å². The molecule has 0 aliphatic rings. The summed E-state index contributed by atoms with van der Waals surface area (Å²) in [4.78, 5) is 11.5. The van der Waals surface area contributed by atoms with Gasteiger partial charge >= 0.3 is 6.36 Å². The molecule has 0 saturated heterocycles. The number of hydrogen-bond acceptors (Lipinski definition) is 4. The first-order chi connectivity index (χ1) is 11.9. The number of rotatable bonds is 9. The molecule has 0 heterocycles. The lowest BCUT2D eigenvalue weighted by Crippen LogP contribution is -2.40. The van der Waals surface area contributed by atoms with E-state index in [4.69, 9.17) is 0 Å². The number of halogens is 3. The smallest absolute Gasteiger partial charge is 0.406 e. The Hall–Kier alpha value is -1.81. The fraction of sp³-hybridized carbons (Fsp3) is 0.562. The summed E-state index contributed by atoms with van der Waals surface area (Å²) < 4.78 is 66.2. The number of ether oxygens (including phenoxy) is 1. The third-order valence-electron chi connectivity index (χ3n) is 3.37. The molecule has 0 bridgehead atoms. The molecule has 0 radical (unpaired) electrons. The summed E-state index contributed by atoms with van der Waals surface area (Å²) in [6.45, 7) is 5.49. The maximum atomic E-state index is 12.1. The van der Waals surface area contributed by atoms with E-state index in [1.54, 1.807) is 0 Å². The molecule has 0 aliphatic carbocycles. The molecule has 1 aromatic rings. The molecule has 1 amide bonds. The molecule has 10 heteroatoms. The molecular weight excluding hydrogens is 373 g/mol. The van der Waals surface area contributed by atoms with Gasteiger partial charge in [-0.2, -0.15) is 0 Å². The molecule has 0 fully saturated rings. The quantitative estimate of drug-likeness (QED) is 0.672. The highest BCUT2D eigenvalue weighted by Gasteiger charge is 2.31. The summed E-state index contributed by atoms with van der Waals surface area (Å²) >= 11 is 0. The lowest BCUT2D eigenvalue weighted by molar-refractivity contribution is -0.274. The van der Waals surface area contributed by atoms with E-state index in [1.165, 1.54) is 0 Å². The Morgan fingerprint density at radius 1 is 1.12 bits per heavy atom. The standard InChI is InChI=1S/C16H23F3N2O4S/c1-11(2)4-5-12(3)21-15(22)10-20-26(23,24)14-8-6-13(7-9-14)25-16(17,18)19/h6-9,11-12,20H,4-5,10H2,1-3H3,(H,21,22). The monoisotopic (exact) mass is 396 g/mol. The van der Waals surface area contributed by atoms with Gasteiger partial charge in [0.05, 0.1) is 11.4 Å². The molecule has 0 aromatic heterocycles. The van der Waals surface area contributed by atoms with Gasteiger partial charge in [-0.3, -0.25) is 4.79 Å². The number of alkyl halides is 3. The van der Waals surface area contributed by atoms with E-state index in [1.807, 2.05) is 6.92 Å². The fourth-order valence-corrected chi connectivity index (χ4v) is 3.03. The molecule has 0 spiro atoms. The van der Waals surface area contributed by atoms with Crippen molar-refractivity contribution in [2.45, 2.75) is 50.9 Å². The number of carbonyl (C=O) groups is 1. The van der Waals surface area contributed by atoms with Gasteiger partial charge in [0, 0.05) is 6.04 Å². The van der Waals surface area contributed by atoms with Crippen molar-refractivity contribution >= 4 is 15.9 Å². The molecule has 1 aromatic carbocycles. The van der Waals surface area contributed by atoms with Crippen molar-refractivity contribution in [3.63, 3.8) is 0 Å². The third-order valence-corrected chi connectivity index (χ3v) is 4.79. The maximum Gasteiger partial charge on any atom is 0.573 e. The molecule has 0 saturated carbocycles. The van der Waals surface area contributed by atoms with Crippen molar-refractivity contribution in [2.75, 3.05) is 6.54 Å². The number of nitrogens with one attached hydrogen (secondary N) is 2. The van der Waals surface area contributed by atoms with Gasteiger partial charge in [-0.1, -0.05) is 13.8 Å². The van der Waals surface area contributed by atoms with Crippen LogP contribution in [0.25, 0.3) is 0 Å². The van der Waals surface area contributed by atoms with Crippen molar-refractivity contribution in [1.29, 1.82) is 0 Å². The number of sulfonamides is 1. The van der Waals surface area contributed by atoms with Crippen LogP contribution in [0.15, 0.2) is 29.2 Å². The Labute approximate surface area is 151 Å². The normalized spacial score (nSPS) is 13.5. The predicted octanol–water partition coefficient (Wildman–Crippen LogP) is 2.80. The SMILES string of the molecule is CC(C)CCC(C)NC(=O)CNS(=O)(=O)c1ccc(OC(F)(F)F)cc1. The van der Waals surface area contributed by atoms with E-state index < -0.39 is 34.6 Å². The highest BCUT2D eigenvalue weighted by atomic mass is 32.2. The van der Waals surface area contributed by atoms with Gasteiger partial charge in [-0.05, 0) is 49.9 Å². The first kappa shape index (κ1) is 22.2. The lowest BCUT2D eigenvalue weighted by atomic mass is 10.0. The molecule has 2 N–H and O–H groups in total. The Kier molecular flexibility index (Phi) is 7.88. The van der Waals surface area contributed by atoms with Gasteiger partial charge in [-0.25, -0.2) is 13.1 Å². The molecule has 1 atom stereocenters. The number of carbonyl (C=O) groups excluding carboxylic acids is 1. The zero-order valence-corrected chi connectivity index (χ0v) is 15.6. The summed E-state index contributed by atoms with van der Waals surface area (Å²) in [7, 11) is -4.02. The zero-order valence-electron chi connectivity index (χ0n) is 14.8. The van der Waals surface area contributed by atoms with Gasteiger partial charge in [-0.15, -0.1) is 13.2 Å². The van der Waals surface area contributed by atoms with E-state index in [-0.39, 0.29) is 10.9 Å². The van der Waals surface area contributed by atoms with Crippen LogP contribution in [-0.4, -0.2) is 33.3 Å². The predicted molar refractivity (Wildman–Crippen MR) is 90.0 cm³/mol. The first-order valence-electron chi connectivity index (χ1n) is 8.04. The molecule has 0 aliphatic heterocycles. The minimum absolute atomic E-state index is 0.0896. The average molecular weight is 396 g/mol. The highest BCUT2D eigenvalue weighted by Crippen LogP contribution is 2.23. The van der Waals surface area contributed by atoms with E-state index in [0.717, 1.165) is 37.1 Å². The lowest BCUT2D eigenvalue weighted by Gasteiger charge is -2.15. The van der Waals surface area contributed by atoms with Crippen molar-refractivity contribution in [1.82, 2.24) is 10.0 Å². The van der Waals surface area contributed by atoms with Crippen LogP contribution in [-0.2, 0) is 14.8 Å². The van der Waals surface area contributed by atoms with Gasteiger partial charge in [0.25, 0.3) is 0 Å². The molecular formula is C16H23F3N2O4S. The second-order valence-corrected chi connectivity index (χ2v) is 8.05. The van der Waals surface area contributed by atoms with Crippen LogP contribution in [0.1, 0.15) is 33.6 Å². The van der Waals surface area contributed by atoms with Crippen LogP contribution in [0.4, 0.5) is 13.2 Å². The highest BCUT2D eigenvalue weighted by molar-refractivity contribution is 7.89. The molecule has 6 nitrogen and oxygen atoms in total. The van der Waals surface area contributed by atoms with Crippen LogP contribution in [0.5, 0.6) is 5.75 Å². The van der Waals surface area contributed by atoms with Crippen molar-refractivity contribution < 1.29 is 31.1 Å². The van der Waals surface area contributed by atoms with Crippen LogP contribution in [0, 0.1) is 5.92 Å². The molecule has 26 heavy (non-hydrogen) atoms. The number of hydrogen-bond donors (Lipinski definition) is 2. The average Bonchev–Trinajstić information content (AvgIpc) is 2.50. The van der Waals surface area contributed by atoms with Gasteiger partial charge in [0.2, 0.25) is 15.9 Å². The van der Waals surface area contributed by atoms with E-state index in [0.29, 0.717) is 5.92 Å². The summed E-state index contributed by atoms with van der Waals surface area (Å²) in [5.41, 5.74) is 0.